The number of hydrogen-bond donors (Lipinski definition) is 0. The number of hydrogen-bond acceptors (Lipinski definition) is 2. The van der Waals surface area contributed by atoms with Crippen molar-refractivity contribution < 1.29 is 0 Å². The van der Waals surface area contributed by atoms with Crippen molar-refractivity contribution in [1.82, 2.24) is 0 Å². The Morgan fingerprint density at radius 3 is 2.40 bits per heavy atom. The van der Waals surface area contributed by atoms with E-state index in [0.717, 1.165) is 5.46 Å². The average Bonchev–Trinajstić information content (AvgIpc) is 1.95. The fourth-order valence-electron chi connectivity index (χ4n) is 0.664. The summed E-state index contributed by atoms with van der Waals surface area (Å²) >= 11 is 5.60. The van der Waals surface area contributed by atoms with Crippen LogP contribution in [-0.4, -0.2) is 7.41 Å². The molecule has 0 atom stereocenters. The molecule has 0 saturated carbocycles. The molecule has 1 aromatic carbocycles. The van der Waals surface area contributed by atoms with Crippen molar-refractivity contribution in [2.45, 2.75) is 0 Å². The molecule has 0 spiro atoms. The normalized spacial score (nSPS) is 8.90. The number of halogens is 1. The molecule has 2 nitrogen and oxygen atoms in total. The highest BCUT2D eigenvalue weighted by atomic mass is 35.5. The molecular weight excluding hydrogens is 148 g/mol. The van der Waals surface area contributed by atoms with Crippen LogP contribution >= 0.6 is 11.6 Å². The van der Waals surface area contributed by atoms with E-state index in [9.17, 15) is 4.91 Å². The summed E-state index contributed by atoms with van der Waals surface area (Å²) in [5.74, 6) is 0. The van der Waals surface area contributed by atoms with Gasteiger partial charge in [-0.1, -0.05) is 29.2 Å². The van der Waals surface area contributed by atoms with E-state index in [1.165, 1.54) is 0 Å². The molecule has 1 rings (SSSR count). The highest BCUT2D eigenvalue weighted by molar-refractivity contribution is 6.51. The number of rotatable bonds is 2. The predicted molar refractivity (Wildman–Crippen MR) is 44.0 cm³/mol. The maximum Gasteiger partial charge on any atom is 0.352 e. The highest BCUT2D eigenvalue weighted by Crippen LogP contribution is 2.02. The van der Waals surface area contributed by atoms with Gasteiger partial charge in [0, 0.05) is 5.02 Å². The predicted octanol–water partition coefficient (Wildman–Crippen LogP) is 1.08. The number of nitrogens with zero attached hydrogens (tertiary/aromatic N) is 1. The minimum atomic E-state index is 0.219. The van der Waals surface area contributed by atoms with Gasteiger partial charge in [-0.15, -0.1) is 5.09 Å². The van der Waals surface area contributed by atoms with E-state index in [1.807, 2.05) is 0 Å². The Balaban J connectivity index is 2.78. The first-order valence-corrected chi connectivity index (χ1v) is 3.24. The smallest absolute Gasteiger partial charge is 0.168 e. The van der Waals surface area contributed by atoms with Gasteiger partial charge in [-0.2, -0.15) is 4.91 Å². The lowest BCUT2D eigenvalue weighted by Gasteiger charge is -1.90. The molecule has 0 N–H and O–H groups in total. The van der Waals surface area contributed by atoms with E-state index in [2.05, 4.69) is 5.09 Å². The van der Waals surface area contributed by atoms with Crippen molar-refractivity contribution in [2.75, 3.05) is 0 Å². The average molecular weight is 153 g/mol. The van der Waals surface area contributed by atoms with Gasteiger partial charge in [0.1, 0.15) is 0 Å². The largest absolute Gasteiger partial charge is 0.352 e. The second kappa shape index (κ2) is 3.37. The van der Waals surface area contributed by atoms with Crippen molar-refractivity contribution in [1.29, 1.82) is 0 Å². The molecule has 0 radical (unpaired) electrons. The van der Waals surface area contributed by atoms with Crippen LogP contribution in [0, 0.1) is 4.91 Å². The quantitative estimate of drug-likeness (QED) is 0.462. The Morgan fingerprint density at radius 2 is 1.90 bits per heavy atom. The monoisotopic (exact) mass is 153 g/mol. The molecule has 10 heavy (non-hydrogen) atoms. The van der Waals surface area contributed by atoms with E-state index in [-0.39, 0.29) is 7.41 Å². The molecule has 0 amide bonds. The van der Waals surface area contributed by atoms with Gasteiger partial charge in [0.05, 0.1) is 0 Å². The summed E-state index contributed by atoms with van der Waals surface area (Å²) in [6.07, 6.45) is 0. The van der Waals surface area contributed by atoms with E-state index in [4.69, 9.17) is 11.6 Å². The first kappa shape index (κ1) is 7.28. The Hall–Kier alpha value is -0.825. The molecule has 0 fully saturated rings. The lowest BCUT2D eigenvalue weighted by molar-refractivity contribution is 1.72. The lowest BCUT2D eigenvalue weighted by atomic mass is 9.85. The summed E-state index contributed by atoms with van der Waals surface area (Å²) in [5.41, 5.74) is 0.888. The molecule has 0 unspecified atom stereocenters. The van der Waals surface area contributed by atoms with Crippen molar-refractivity contribution >= 4 is 24.5 Å². The summed E-state index contributed by atoms with van der Waals surface area (Å²) in [5, 5.41) is 3.42. The van der Waals surface area contributed by atoms with Gasteiger partial charge in [-0.3, -0.25) is 0 Å². The van der Waals surface area contributed by atoms with Crippen LogP contribution in [0.3, 0.4) is 0 Å². The fraction of sp³-hybridized carbons (Fsp3) is 0. The maximum absolute atomic E-state index is 9.78. The maximum atomic E-state index is 9.78. The van der Waals surface area contributed by atoms with Crippen LogP contribution in [0.25, 0.3) is 0 Å². The lowest BCUT2D eigenvalue weighted by Crippen LogP contribution is -2.09. The van der Waals surface area contributed by atoms with Crippen LogP contribution in [0.4, 0.5) is 0 Å². The summed E-state index contributed by atoms with van der Waals surface area (Å²) in [4.78, 5) is 9.78. The van der Waals surface area contributed by atoms with Gasteiger partial charge in [-0.25, -0.2) is 0 Å². The number of nitroso groups, excluding NO2 is 1. The first-order valence-electron chi connectivity index (χ1n) is 2.86. The van der Waals surface area contributed by atoms with Gasteiger partial charge in [0.15, 0.2) is 0 Å². The second-order valence-corrected chi connectivity index (χ2v) is 2.35. The van der Waals surface area contributed by atoms with Crippen LogP contribution < -0.4 is 5.46 Å². The molecule has 0 aliphatic rings. The van der Waals surface area contributed by atoms with E-state index in [1.54, 1.807) is 24.3 Å². The first-order chi connectivity index (χ1) is 4.83. The zero-order chi connectivity index (χ0) is 7.40. The Kier molecular flexibility index (Phi) is 2.45. The third-order valence-corrected chi connectivity index (χ3v) is 1.41. The third-order valence-electron chi connectivity index (χ3n) is 1.16. The van der Waals surface area contributed by atoms with E-state index >= 15 is 0 Å². The molecular formula is C6H5BClNO. The Bertz CT molecular complexity index is 224. The van der Waals surface area contributed by atoms with Gasteiger partial charge in [-0.05, 0) is 12.1 Å². The molecule has 0 aromatic heterocycles. The summed E-state index contributed by atoms with van der Waals surface area (Å²) in [7, 11) is 0.219. The Morgan fingerprint density at radius 1 is 1.30 bits per heavy atom. The molecule has 1 aromatic rings. The minimum Gasteiger partial charge on any atom is -0.168 e. The SMILES string of the molecule is O=NBc1ccc(Cl)cc1. The van der Waals surface area contributed by atoms with Gasteiger partial charge >= 0.3 is 7.41 Å². The van der Waals surface area contributed by atoms with Crippen LogP contribution in [-0.2, 0) is 0 Å². The fourth-order valence-corrected chi connectivity index (χ4v) is 0.790. The van der Waals surface area contributed by atoms with Gasteiger partial charge in [0.25, 0.3) is 0 Å². The molecule has 0 heterocycles. The minimum absolute atomic E-state index is 0.219. The summed E-state index contributed by atoms with van der Waals surface area (Å²) in [6.45, 7) is 0. The highest BCUT2D eigenvalue weighted by Gasteiger charge is 1.93. The molecule has 0 aliphatic carbocycles. The van der Waals surface area contributed by atoms with Crippen LogP contribution in [0.2, 0.25) is 5.02 Å². The number of benzene rings is 1. The van der Waals surface area contributed by atoms with Crippen LogP contribution in [0.1, 0.15) is 0 Å². The van der Waals surface area contributed by atoms with Crippen molar-refractivity contribution in [3.8, 4) is 0 Å². The van der Waals surface area contributed by atoms with Crippen molar-refractivity contribution in [2.24, 2.45) is 5.09 Å². The summed E-state index contributed by atoms with van der Waals surface area (Å²) < 4.78 is 0. The molecule has 50 valence electrons. The van der Waals surface area contributed by atoms with Crippen LogP contribution in [0.15, 0.2) is 29.4 Å². The second-order valence-electron chi connectivity index (χ2n) is 1.91. The Labute approximate surface area is 64.4 Å². The van der Waals surface area contributed by atoms with Gasteiger partial charge < -0.3 is 0 Å². The standard InChI is InChI=1S/C6H5BClNO/c8-6-3-1-5(2-4-6)7-9-10/h1-4,7H. The molecule has 0 aliphatic heterocycles. The third kappa shape index (κ3) is 1.85. The molecule has 4 heteroatoms. The zero-order valence-corrected chi connectivity index (χ0v) is 6.01. The van der Waals surface area contributed by atoms with Crippen LogP contribution in [0.5, 0.6) is 0 Å². The van der Waals surface area contributed by atoms with E-state index in [0.29, 0.717) is 5.02 Å². The topological polar surface area (TPSA) is 29.4 Å². The van der Waals surface area contributed by atoms with E-state index < -0.39 is 0 Å². The van der Waals surface area contributed by atoms with Gasteiger partial charge in [0.2, 0.25) is 0 Å². The van der Waals surface area contributed by atoms with Crippen molar-refractivity contribution in [3.63, 3.8) is 0 Å². The molecule has 0 saturated heterocycles. The van der Waals surface area contributed by atoms with Crippen molar-refractivity contribution in [3.05, 3.63) is 34.2 Å². The zero-order valence-electron chi connectivity index (χ0n) is 5.25. The molecule has 0 bridgehead atoms. The summed E-state index contributed by atoms with van der Waals surface area (Å²) in [6, 6.07) is 7.04.